The van der Waals surface area contributed by atoms with Crippen LogP contribution in [0.3, 0.4) is 0 Å². The molecule has 2 aliphatic rings. The van der Waals surface area contributed by atoms with Gasteiger partial charge in [0.1, 0.15) is 23.0 Å². The SMILES string of the molecule is c1ccc(-n2c3ccccc3c3cc4c5ccccc5n(-c5ccc6c(c5-c5cccc([Si](c7ccccc7)(c7ccccc7)c7ccccc7)c5)Oc5cccc7c5B6c5ccccc5O7)c4cc32)cc1. The van der Waals surface area contributed by atoms with E-state index in [9.17, 15) is 0 Å². The van der Waals surface area contributed by atoms with Crippen LogP contribution in [0.15, 0.2) is 261 Å². The van der Waals surface area contributed by atoms with Gasteiger partial charge in [0.2, 0.25) is 0 Å². The third kappa shape index (κ3) is 5.87. The Labute approximate surface area is 418 Å². The van der Waals surface area contributed by atoms with Crippen LogP contribution in [-0.4, -0.2) is 23.9 Å². The molecule has 13 aromatic rings. The number of hydrogen-bond donors (Lipinski definition) is 0. The van der Waals surface area contributed by atoms with E-state index in [2.05, 4.69) is 270 Å². The first-order chi connectivity index (χ1) is 35.7. The van der Waals surface area contributed by atoms with Gasteiger partial charge in [-0.3, -0.25) is 0 Å². The van der Waals surface area contributed by atoms with E-state index in [-0.39, 0.29) is 6.71 Å². The summed E-state index contributed by atoms with van der Waals surface area (Å²) in [5.41, 5.74) is 12.2. The van der Waals surface area contributed by atoms with Crippen LogP contribution in [0.25, 0.3) is 66.1 Å². The molecule has 2 aromatic heterocycles. The van der Waals surface area contributed by atoms with Crippen molar-refractivity contribution in [1.82, 2.24) is 9.13 Å². The first-order valence-corrected chi connectivity index (χ1v) is 26.8. The number of aromatic nitrogens is 2. The summed E-state index contributed by atoms with van der Waals surface area (Å²) in [5.74, 6) is 3.37. The average Bonchev–Trinajstić information content (AvgIpc) is 3.95. The van der Waals surface area contributed by atoms with Crippen molar-refractivity contribution in [3.05, 3.63) is 261 Å². The largest absolute Gasteiger partial charge is 0.458 e. The number of ether oxygens (including phenoxy) is 2. The summed E-state index contributed by atoms with van der Waals surface area (Å²) >= 11 is 0. The van der Waals surface area contributed by atoms with E-state index in [1.54, 1.807) is 0 Å². The van der Waals surface area contributed by atoms with Crippen LogP contribution in [-0.2, 0) is 0 Å². The van der Waals surface area contributed by atoms with E-state index in [0.29, 0.717) is 0 Å². The van der Waals surface area contributed by atoms with Gasteiger partial charge < -0.3 is 18.6 Å². The van der Waals surface area contributed by atoms with Crippen molar-refractivity contribution in [3.8, 4) is 45.5 Å². The molecule has 4 nitrogen and oxygen atoms in total. The number of benzene rings is 11. The molecular formula is C66H43BN2O2Si. The number of rotatable bonds is 7. The van der Waals surface area contributed by atoms with E-state index in [0.717, 1.165) is 78.4 Å². The summed E-state index contributed by atoms with van der Waals surface area (Å²) in [5, 5.41) is 10.1. The highest BCUT2D eigenvalue weighted by Gasteiger charge is 2.44. The van der Waals surface area contributed by atoms with Crippen LogP contribution in [0.4, 0.5) is 0 Å². The lowest BCUT2D eigenvalue weighted by molar-refractivity contribution is 0.465. The molecule has 0 saturated heterocycles. The maximum atomic E-state index is 7.47. The van der Waals surface area contributed by atoms with E-state index in [1.807, 2.05) is 0 Å². The molecule has 0 unspecified atom stereocenters. The van der Waals surface area contributed by atoms with Crippen LogP contribution >= 0.6 is 0 Å². The molecule has 2 aliphatic heterocycles. The fourth-order valence-electron chi connectivity index (χ4n) is 12.4. The quantitative estimate of drug-likeness (QED) is 0.118. The van der Waals surface area contributed by atoms with Crippen molar-refractivity contribution >= 4 is 95.5 Å². The van der Waals surface area contributed by atoms with Crippen LogP contribution in [0.5, 0.6) is 23.0 Å². The monoisotopic (exact) mass is 934 g/mol. The minimum Gasteiger partial charge on any atom is -0.458 e. The van der Waals surface area contributed by atoms with E-state index >= 15 is 0 Å². The molecule has 72 heavy (non-hydrogen) atoms. The molecule has 0 spiro atoms. The zero-order valence-corrected chi connectivity index (χ0v) is 40.1. The Hall–Kier alpha value is -9.10. The minimum absolute atomic E-state index is 0.105. The van der Waals surface area contributed by atoms with Gasteiger partial charge in [-0.15, -0.1) is 0 Å². The molecule has 0 atom stereocenters. The van der Waals surface area contributed by atoms with Gasteiger partial charge in [0, 0.05) is 38.3 Å². The standard InChI is InChI=1S/C66H43BN2O2Si/c1-5-22-45(23-6-1)68-56-34-16-13-31-50(56)52-42-53-51-32-14-17-35-57(51)69(60(53)43-59(52)68)58-40-39-55-66(71-63-38-20-37-62-65(63)67(55)54-33-15-18-36-61(54)70-62)64(58)44-21-19-30-49(41-44)72(46-24-7-2-8-25-46,47-26-9-3-10-27-47)48-28-11-4-12-29-48/h1-43H. The zero-order valence-electron chi connectivity index (χ0n) is 39.1. The van der Waals surface area contributed by atoms with E-state index in [1.165, 1.54) is 47.8 Å². The lowest BCUT2D eigenvalue weighted by Crippen LogP contribution is -2.74. The van der Waals surface area contributed by atoms with Crippen LogP contribution < -0.4 is 46.6 Å². The predicted octanol–water partition coefficient (Wildman–Crippen LogP) is 11.7. The Balaban J connectivity index is 1.07. The average molecular weight is 935 g/mol. The third-order valence-electron chi connectivity index (χ3n) is 15.4. The van der Waals surface area contributed by atoms with Crippen molar-refractivity contribution in [2.45, 2.75) is 0 Å². The predicted molar refractivity (Wildman–Crippen MR) is 302 cm³/mol. The van der Waals surface area contributed by atoms with Crippen molar-refractivity contribution < 1.29 is 9.47 Å². The van der Waals surface area contributed by atoms with Crippen molar-refractivity contribution in [2.75, 3.05) is 0 Å². The van der Waals surface area contributed by atoms with Crippen molar-refractivity contribution in [2.24, 2.45) is 0 Å². The molecule has 11 aromatic carbocycles. The number of nitrogens with zero attached hydrogens (tertiary/aromatic N) is 2. The van der Waals surface area contributed by atoms with Gasteiger partial charge in [-0.2, -0.15) is 0 Å². The first kappa shape index (κ1) is 40.8. The molecule has 0 radical (unpaired) electrons. The van der Waals surface area contributed by atoms with Gasteiger partial charge in [-0.1, -0.05) is 200 Å². The summed E-state index contributed by atoms with van der Waals surface area (Å²) in [6.45, 7) is -0.105. The van der Waals surface area contributed by atoms with Crippen LogP contribution in [0.2, 0.25) is 0 Å². The molecule has 0 aliphatic carbocycles. The van der Waals surface area contributed by atoms with Gasteiger partial charge in [0.05, 0.1) is 27.8 Å². The lowest BCUT2D eigenvalue weighted by atomic mass is 9.34. The summed E-state index contributed by atoms with van der Waals surface area (Å²) in [4.78, 5) is 0. The highest BCUT2D eigenvalue weighted by molar-refractivity contribution is 7.20. The molecule has 0 fully saturated rings. The molecule has 0 bridgehead atoms. The van der Waals surface area contributed by atoms with E-state index < -0.39 is 8.07 Å². The van der Waals surface area contributed by atoms with Crippen LogP contribution in [0, 0.1) is 0 Å². The van der Waals surface area contributed by atoms with Crippen LogP contribution in [0.1, 0.15) is 0 Å². The van der Waals surface area contributed by atoms with Gasteiger partial charge in [0.25, 0.3) is 6.71 Å². The molecule has 0 amide bonds. The summed E-state index contributed by atoms with van der Waals surface area (Å²) in [6.07, 6.45) is 0. The zero-order chi connectivity index (χ0) is 47.3. The normalized spacial score (nSPS) is 12.6. The highest BCUT2D eigenvalue weighted by atomic mass is 28.3. The lowest BCUT2D eigenvalue weighted by Gasteiger charge is -2.35. The second kappa shape index (κ2) is 16.0. The Morgan fingerprint density at radius 3 is 1.51 bits per heavy atom. The van der Waals surface area contributed by atoms with E-state index in [4.69, 9.17) is 9.47 Å². The summed E-state index contributed by atoms with van der Waals surface area (Å²) in [7, 11) is -2.95. The fraction of sp³-hybridized carbons (Fsp3) is 0. The fourth-order valence-corrected chi connectivity index (χ4v) is 17.2. The van der Waals surface area contributed by atoms with Gasteiger partial charge in [-0.05, 0) is 97.9 Å². The van der Waals surface area contributed by atoms with Crippen molar-refractivity contribution in [1.29, 1.82) is 0 Å². The van der Waals surface area contributed by atoms with Crippen molar-refractivity contribution in [3.63, 3.8) is 0 Å². The number of para-hydroxylation sites is 4. The van der Waals surface area contributed by atoms with Gasteiger partial charge in [0.15, 0.2) is 8.07 Å². The maximum absolute atomic E-state index is 7.47. The minimum atomic E-state index is -2.95. The Kier molecular flexibility index (Phi) is 9.04. The Morgan fingerprint density at radius 2 is 0.847 bits per heavy atom. The topological polar surface area (TPSA) is 28.3 Å². The summed E-state index contributed by atoms with van der Waals surface area (Å²) < 4.78 is 19.0. The number of hydrogen-bond acceptors (Lipinski definition) is 2. The van der Waals surface area contributed by atoms with Gasteiger partial charge >= 0.3 is 0 Å². The Morgan fingerprint density at radius 1 is 0.333 bits per heavy atom. The third-order valence-corrected chi connectivity index (χ3v) is 20.2. The molecule has 4 heterocycles. The molecule has 0 N–H and O–H groups in total. The smallest absolute Gasteiger partial charge is 0.260 e. The maximum Gasteiger partial charge on any atom is 0.260 e. The molecular weight excluding hydrogens is 892 g/mol. The number of fused-ring (bicyclic) bond motifs is 10. The molecule has 15 rings (SSSR count). The molecule has 6 heteroatoms. The second-order valence-electron chi connectivity index (χ2n) is 19.1. The molecule has 0 saturated carbocycles. The van der Waals surface area contributed by atoms with Gasteiger partial charge in [-0.25, -0.2) is 0 Å². The second-order valence-corrected chi connectivity index (χ2v) is 22.9. The summed E-state index contributed by atoms with van der Waals surface area (Å²) in [6, 6.07) is 95.7. The highest BCUT2D eigenvalue weighted by Crippen LogP contribution is 2.46. The first-order valence-electron chi connectivity index (χ1n) is 24.8. The molecule has 336 valence electrons. The Bertz CT molecular complexity index is 4190.